The Labute approximate surface area is 275 Å². The molecule has 2 amide bonds. The number of carbonyl (C=O) groups is 2. The number of nitrogens with zero attached hydrogens (tertiary/aromatic N) is 3. The molecule has 1 aromatic heterocycles. The molecule has 1 saturated heterocycles. The molecule has 0 radical (unpaired) electrons. The Hall–Kier alpha value is -5.20. The zero-order chi connectivity index (χ0) is 32.9. The van der Waals surface area contributed by atoms with Crippen LogP contribution in [0.4, 0.5) is 5.69 Å². The number of methoxy groups -OCH3 is 2. The molecular weight excluding hydrogens is 620 g/mol. The zero-order valence-electron chi connectivity index (χ0n) is 26.2. The number of thiazole rings is 1. The number of anilines is 1. The number of fused-ring (bicyclic) bond motifs is 1. The van der Waals surface area contributed by atoms with Crippen LogP contribution in [0.1, 0.15) is 24.1 Å². The average Bonchev–Trinajstić information content (AvgIpc) is 3.40. The summed E-state index contributed by atoms with van der Waals surface area (Å²) < 4.78 is 24.1. The summed E-state index contributed by atoms with van der Waals surface area (Å²) in [6.45, 7) is 3.74. The van der Waals surface area contributed by atoms with Gasteiger partial charge in [0, 0.05) is 18.8 Å². The molecule has 47 heavy (non-hydrogen) atoms. The molecule has 12 heteroatoms. The smallest absolute Gasteiger partial charge is 0.271 e. The van der Waals surface area contributed by atoms with Gasteiger partial charge < -0.3 is 29.2 Å². The quantitative estimate of drug-likeness (QED) is 0.295. The van der Waals surface area contributed by atoms with Crippen molar-refractivity contribution in [3.63, 3.8) is 0 Å². The minimum absolute atomic E-state index is 0.127. The van der Waals surface area contributed by atoms with Gasteiger partial charge >= 0.3 is 0 Å². The maximum Gasteiger partial charge on any atom is 0.271 e. The highest BCUT2D eigenvalue weighted by Crippen LogP contribution is 2.33. The van der Waals surface area contributed by atoms with E-state index in [1.165, 1.54) is 18.4 Å². The van der Waals surface area contributed by atoms with Gasteiger partial charge in [0.2, 0.25) is 0 Å². The number of morpholine rings is 1. The van der Waals surface area contributed by atoms with Crippen LogP contribution in [0.3, 0.4) is 0 Å². The average molecular weight is 655 g/mol. The molecule has 1 N–H and O–H groups in total. The number of rotatable bonds is 9. The Bertz CT molecular complexity index is 2010. The van der Waals surface area contributed by atoms with Crippen LogP contribution in [-0.2, 0) is 14.3 Å². The Morgan fingerprint density at radius 1 is 1.00 bits per heavy atom. The van der Waals surface area contributed by atoms with Crippen molar-refractivity contribution in [2.24, 2.45) is 4.99 Å². The van der Waals surface area contributed by atoms with Crippen LogP contribution in [0, 0.1) is 0 Å². The molecule has 0 unspecified atom stereocenters. The maximum atomic E-state index is 14.1. The second kappa shape index (κ2) is 14.1. The van der Waals surface area contributed by atoms with E-state index in [1.807, 2.05) is 42.5 Å². The lowest BCUT2D eigenvalue weighted by Crippen LogP contribution is -2.43. The molecular formula is C35H34N4O7S. The first-order chi connectivity index (χ1) is 22.9. The molecule has 3 heterocycles. The third-order valence-electron chi connectivity index (χ3n) is 7.91. The summed E-state index contributed by atoms with van der Waals surface area (Å²) in [4.78, 5) is 47.4. The lowest BCUT2D eigenvalue weighted by Gasteiger charge is -2.26. The SMILES string of the molecule is COc1cccc([C@@H]2C(C(=O)Nc3ccccc3)=C(C)N=c3s/c(=C/c4ccc(OCC(=O)N5CCOCC5)c(OC)c4)c(=O)n32)c1. The van der Waals surface area contributed by atoms with Crippen molar-refractivity contribution in [3.8, 4) is 17.2 Å². The van der Waals surface area contributed by atoms with Crippen LogP contribution in [0.2, 0.25) is 0 Å². The van der Waals surface area contributed by atoms with Gasteiger partial charge in [-0.3, -0.25) is 19.0 Å². The third-order valence-corrected chi connectivity index (χ3v) is 8.89. The molecule has 1 fully saturated rings. The predicted octanol–water partition coefficient (Wildman–Crippen LogP) is 3.13. The van der Waals surface area contributed by atoms with E-state index in [9.17, 15) is 14.4 Å². The van der Waals surface area contributed by atoms with Gasteiger partial charge in [0.25, 0.3) is 17.4 Å². The highest BCUT2D eigenvalue weighted by atomic mass is 32.1. The number of nitrogens with one attached hydrogen (secondary N) is 1. The Balaban J connectivity index is 1.35. The number of hydrogen-bond donors (Lipinski definition) is 1. The third kappa shape index (κ3) is 6.83. The number of carbonyl (C=O) groups excluding carboxylic acids is 2. The van der Waals surface area contributed by atoms with Crippen LogP contribution in [-0.4, -0.2) is 68.4 Å². The number of allylic oxidation sites excluding steroid dienone is 1. The fraction of sp³-hybridized carbons (Fsp3) is 0.257. The van der Waals surface area contributed by atoms with Crippen LogP contribution in [0.5, 0.6) is 17.2 Å². The molecule has 242 valence electrons. The molecule has 0 spiro atoms. The van der Waals surface area contributed by atoms with E-state index in [0.717, 1.165) is 0 Å². The summed E-state index contributed by atoms with van der Waals surface area (Å²) in [5.41, 5.74) is 2.60. The summed E-state index contributed by atoms with van der Waals surface area (Å²) in [6, 6.07) is 21.0. The Morgan fingerprint density at radius 3 is 2.53 bits per heavy atom. The second-order valence-electron chi connectivity index (χ2n) is 10.9. The first-order valence-electron chi connectivity index (χ1n) is 15.1. The minimum Gasteiger partial charge on any atom is -0.497 e. The molecule has 1 atom stereocenters. The Morgan fingerprint density at radius 2 is 1.79 bits per heavy atom. The van der Waals surface area contributed by atoms with Crippen molar-refractivity contribution in [1.29, 1.82) is 0 Å². The molecule has 3 aromatic carbocycles. The summed E-state index contributed by atoms with van der Waals surface area (Å²) in [6.07, 6.45) is 1.75. The first kappa shape index (κ1) is 31.8. The van der Waals surface area contributed by atoms with E-state index >= 15 is 0 Å². The standard InChI is InChI=1S/C35H34N4O7S/c1-22-31(33(41)37-25-9-5-4-6-10-25)32(24-8-7-11-26(20-24)43-2)39-34(42)29(47-35(39)36-22)19-23-12-13-27(28(18-23)44-3)46-21-30(40)38-14-16-45-17-15-38/h4-13,18-20,32H,14-17,21H2,1-3H3,(H,37,41)/b29-19+/t32-/m1/s1. The summed E-state index contributed by atoms with van der Waals surface area (Å²) in [5, 5.41) is 2.96. The minimum atomic E-state index is -0.749. The van der Waals surface area contributed by atoms with Crippen LogP contribution in [0.15, 0.2) is 93.9 Å². The molecule has 0 aliphatic carbocycles. The van der Waals surface area contributed by atoms with Gasteiger partial charge in [-0.1, -0.05) is 47.7 Å². The topological polar surface area (TPSA) is 121 Å². The van der Waals surface area contributed by atoms with E-state index in [0.29, 0.717) is 81.0 Å². The van der Waals surface area contributed by atoms with Gasteiger partial charge in [-0.05, 0) is 60.5 Å². The number of hydrogen-bond acceptors (Lipinski definition) is 9. The highest BCUT2D eigenvalue weighted by Gasteiger charge is 2.33. The lowest BCUT2D eigenvalue weighted by molar-refractivity contribution is -0.137. The maximum absolute atomic E-state index is 14.1. The zero-order valence-corrected chi connectivity index (χ0v) is 27.0. The molecule has 11 nitrogen and oxygen atoms in total. The number of benzene rings is 3. The van der Waals surface area contributed by atoms with Gasteiger partial charge in [0.05, 0.1) is 49.3 Å². The number of amides is 2. The summed E-state index contributed by atoms with van der Waals surface area (Å²) >= 11 is 1.23. The van der Waals surface area contributed by atoms with E-state index in [4.69, 9.17) is 23.9 Å². The van der Waals surface area contributed by atoms with Crippen molar-refractivity contribution >= 4 is 34.9 Å². The van der Waals surface area contributed by atoms with Crippen molar-refractivity contribution in [3.05, 3.63) is 115 Å². The molecule has 0 saturated carbocycles. The molecule has 4 aromatic rings. The van der Waals surface area contributed by atoms with Crippen LogP contribution < -0.4 is 34.4 Å². The van der Waals surface area contributed by atoms with Gasteiger partial charge in [-0.15, -0.1) is 0 Å². The number of aromatic nitrogens is 1. The van der Waals surface area contributed by atoms with E-state index in [-0.39, 0.29) is 24.0 Å². The Kier molecular flexibility index (Phi) is 9.50. The number of para-hydroxylation sites is 1. The van der Waals surface area contributed by atoms with Gasteiger partial charge in [0.15, 0.2) is 22.9 Å². The van der Waals surface area contributed by atoms with E-state index in [1.54, 1.807) is 59.9 Å². The van der Waals surface area contributed by atoms with Crippen molar-refractivity contribution in [2.45, 2.75) is 13.0 Å². The number of ether oxygens (including phenoxy) is 4. The monoisotopic (exact) mass is 654 g/mol. The second-order valence-corrected chi connectivity index (χ2v) is 11.9. The molecule has 6 rings (SSSR count). The largest absolute Gasteiger partial charge is 0.497 e. The fourth-order valence-corrected chi connectivity index (χ4v) is 6.59. The van der Waals surface area contributed by atoms with Crippen LogP contribution in [0.25, 0.3) is 6.08 Å². The van der Waals surface area contributed by atoms with Gasteiger partial charge in [0.1, 0.15) is 5.75 Å². The normalized spacial score (nSPS) is 16.3. The molecule has 2 aliphatic heterocycles. The van der Waals surface area contributed by atoms with Gasteiger partial charge in [-0.25, -0.2) is 4.99 Å². The van der Waals surface area contributed by atoms with E-state index < -0.39 is 6.04 Å². The van der Waals surface area contributed by atoms with Gasteiger partial charge in [-0.2, -0.15) is 0 Å². The summed E-state index contributed by atoms with van der Waals surface area (Å²) in [5.74, 6) is 0.954. The predicted molar refractivity (Wildman–Crippen MR) is 178 cm³/mol. The summed E-state index contributed by atoms with van der Waals surface area (Å²) in [7, 11) is 3.09. The fourth-order valence-electron chi connectivity index (χ4n) is 5.55. The lowest BCUT2D eigenvalue weighted by atomic mass is 9.95. The van der Waals surface area contributed by atoms with Crippen molar-refractivity contribution in [2.75, 3.05) is 52.4 Å². The van der Waals surface area contributed by atoms with Crippen LogP contribution >= 0.6 is 11.3 Å². The molecule has 2 aliphatic rings. The first-order valence-corrected chi connectivity index (χ1v) is 15.9. The molecule has 0 bridgehead atoms. The van der Waals surface area contributed by atoms with Crippen molar-refractivity contribution < 1.29 is 28.5 Å². The highest BCUT2D eigenvalue weighted by molar-refractivity contribution is 7.07. The van der Waals surface area contributed by atoms with Crippen molar-refractivity contribution in [1.82, 2.24) is 9.47 Å². The van der Waals surface area contributed by atoms with E-state index in [2.05, 4.69) is 5.32 Å².